The van der Waals surface area contributed by atoms with Gasteiger partial charge in [0.1, 0.15) is 11.3 Å². The number of benzene rings is 5. The van der Waals surface area contributed by atoms with Gasteiger partial charge in [-0.2, -0.15) is 0 Å². The molecule has 0 aliphatic carbocycles. The molecule has 0 saturated heterocycles. The Morgan fingerprint density at radius 3 is 1.80 bits per heavy atom. The number of rotatable bonds is 10. The Bertz CT molecular complexity index is 1840. The van der Waals surface area contributed by atoms with E-state index >= 15 is 0 Å². The van der Waals surface area contributed by atoms with Crippen molar-refractivity contribution in [3.8, 4) is 5.75 Å². The van der Waals surface area contributed by atoms with Crippen LogP contribution < -0.4 is 10.2 Å². The van der Waals surface area contributed by atoms with Crippen molar-refractivity contribution < 1.29 is 14.4 Å². The first-order valence-corrected chi connectivity index (χ1v) is 15.3. The molecule has 1 amide bonds. The molecule has 6 heteroatoms. The number of carbonyl (C=O) groups is 1. The molecule has 5 aromatic carbocycles. The summed E-state index contributed by atoms with van der Waals surface area (Å²) in [6, 6.07) is 43.5. The third-order valence-electron chi connectivity index (χ3n) is 8.82. The van der Waals surface area contributed by atoms with Gasteiger partial charge in [-0.3, -0.25) is 9.63 Å². The normalized spacial score (nSPS) is 12.0. The average Bonchev–Trinajstić information content (AvgIpc) is 3.58. The summed E-state index contributed by atoms with van der Waals surface area (Å²) in [4.78, 5) is 23.2. The lowest BCUT2D eigenvalue weighted by molar-refractivity contribution is 0.0534. The number of imidazole rings is 1. The van der Waals surface area contributed by atoms with Crippen molar-refractivity contribution in [2.24, 2.45) is 0 Å². The molecule has 6 rings (SSSR count). The van der Waals surface area contributed by atoms with E-state index in [1.54, 1.807) is 13.2 Å². The number of nitrogens with zero attached hydrogens (tertiary/aromatic N) is 2. The molecule has 1 heterocycles. The van der Waals surface area contributed by atoms with Crippen molar-refractivity contribution >= 4 is 5.91 Å². The summed E-state index contributed by atoms with van der Waals surface area (Å²) >= 11 is 0. The SMILES string of the molecule is CONC(=O)c1cccc(C(c2cn(C(c3ccccc3)(c3ccccc3)c3ccccc3)cn2)c2cccc(C)c2C)c1OC. The maximum absolute atomic E-state index is 13.1. The highest BCUT2D eigenvalue weighted by atomic mass is 16.6. The second-order valence-electron chi connectivity index (χ2n) is 11.3. The molecule has 0 radical (unpaired) electrons. The topological polar surface area (TPSA) is 65.4 Å². The van der Waals surface area contributed by atoms with Crippen LogP contribution in [-0.2, 0) is 10.4 Å². The summed E-state index contributed by atoms with van der Waals surface area (Å²) < 4.78 is 8.19. The van der Waals surface area contributed by atoms with Gasteiger partial charge in [0, 0.05) is 11.8 Å². The number of aromatic nitrogens is 2. The van der Waals surface area contributed by atoms with Gasteiger partial charge in [-0.1, -0.05) is 121 Å². The van der Waals surface area contributed by atoms with Crippen molar-refractivity contribution in [1.29, 1.82) is 0 Å². The average molecular weight is 608 g/mol. The van der Waals surface area contributed by atoms with Crippen LogP contribution in [0.4, 0.5) is 0 Å². The van der Waals surface area contributed by atoms with Gasteiger partial charge in [0.25, 0.3) is 5.91 Å². The van der Waals surface area contributed by atoms with Gasteiger partial charge in [0.15, 0.2) is 0 Å². The van der Waals surface area contributed by atoms with E-state index in [9.17, 15) is 4.79 Å². The first kappa shape index (κ1) is 30.6. The third kappa shape index (κ3) is 5.37. The highest BCUT2D eigenvalue weighted by Gasteiger charge is 2.39. The van der Waals surface area contributed by atoms with Crippen molar-refractivity contribution in [1.82, 2.24) is 15.0 Å². The molecule has 1 aromatic heterocycles. The number of amides is 1. The number of aryl methyl sites for hydroxylation is 1. The minimum atomic E-state index is -0.717. The van der Waals surface area contributed by atoms with Gasteiger partial charge >= 0.3 is 0 Å². The summed E-state index contributed by atoms with van der Waals surface area (Å²) in [5.74, 6) is -0.257. The van der Waals surface area contributed by atoms with Crippen molar-refractivity contribution in [3.63, 3.8) is 0 Å². The van der Waals surface area contributed by atoms with Crippen molar-refractivity contribution in [3.05, 3.63) is 190 Å². The third-order valence-corrected chi connectivity index (χ3v) is 8.82. The molecule has 0 aliphatic rings. The predicted molar refractivity (Wildman–Crippen MR) is 181 cm³/mol. The number of hydroxylamine groups is 1. The number of hydrogen-bond acceptors (Lipinski definition) is 4. The molecule has 1 atom stereocenters. The Balaban J connectivity index is 1.64. The van der Waals surface area contributed by atoms with Crippen LogP contribution in [0.3, 0.4) is 0 Å². The van der Waals surface area contributed by atoms with Crippen molar-refractivity contribution in [2.45, 2.75) is 25.3 Å². The minimum absolute atomic E-state index is 0.341. The summed E-state index contributed by atoms with van der Waals surface area (Å²) in [7, 11) is 3.00. The van der Waals surface area contributed by atoms with Crippen LogP contribution >= 0.6 is 0 Å². The molecule has 0 fully saturated rings. The van der Waals surface area contributed by atoms with Gasteiger partial charge in [-0.05, 0) is 53.3 Å². The molecule has 0 bridgehead atoms. The van der Waals surface area contributed by atoms with Crippen LogP contribution in [-0.4, -0.2) is 29.7 Å². The van der Waals surface area contributed by atoms with Gasteiger partial charge in [-0.15, -0.1) is 0 Å². The number of nitrogens with one attached hydrogen (secondary N) is 1. The van der Waals surface area contributed by atoms with E-state index in [0.717, 1.165) is 39.1 Å². The zero-order valence-corrected chi connectivity index (χ0v) is 26.5. The molecule has 0 saturated carbocycles. The maximum Gasteiger partial charge on any atom is 0.278 e. The second-order valence-corrected chi connectivity index (χ2v) is 11.3. The van der Waals surface area contributed by atoms with E-state index in [2.05, 4.69) is 121 Å². The van der Waals surface area contributed by atoms with Gasteiger partial charge in [0.2, 0.25) is 0 Å². The second kappa shape index (κ2) is 13.3. The molecule has 0 spiro atoms. The first-order valence-electron chi connectivity index (χ1n) is 15.3. The molecule has 1 unspecified atom stereocenters. The van der Waals surface area contributed by atoms with Crippen LogP contribution in [0.1, 0.15) is 60.9 Å². The zero-order valence-electron chi connectivity index (χ0n) is 26.5. The van der Waals surface area contributed by atoms with E-state index in [-0.39, 0.29) is 11.8 Å². The van der Waals surface area contributed by atoms with E-state index in [1.165, 1.54) is 12.7 Å². The van der Waals surface area contributed by atoms with Crippen molar-refractivity contribution in [2.75, 3.05) is 14.2 Å². The van der Waals surface area contributed by atoms with Crippen LogP contribution in [0.25, 0.3) is 0 Å². The Kier molecular flexibility index (Phi) is 8.81. The van der Waals surface area contributed by atoms with E-state index in [1.807, 2.05) is 36.7 Å². The fourth-order valence-electron chi connectivity index (χ4n) is 6.56. The number of methoxy groups -OCH3 is 1. The molecule has 46 heavy (non-hydrogen) atoms. The quantitative estimate of drug-likeness (QED) is 0.127. The number of para-hydroxylation sites is 1. The Morgan fingerprint density at radius 2 is 1.26 bits per heavy atom. The van der Waals surface area contributed by atoms with E-state index in [0.29, 0.717) is 11.3 Å². The smallest absolute Gasteiger partial charge is 0.278 e. The Hall–Kier alpha value is -5.46. The van der Waals surface area contributed by atoms with Crippen LogP contribution in [0.2, 0.25) is 0 Å². The number of ether oxygens (including phenoxy) is 1. The van der Waals surface area contributed by atoms with E-state index < -0.39 is 5.54 Å². The van der Waals surface area contributed by atoms with Gasteiger partial charge in [0.05, 0.1) is 37.7 Å². The lowest BCUT2D eigenvalue weighted by Gasteiger charge is -2.37. The maximum atomic E-state index is 13.1. The molecule has 6 nitrogen and oxygen atoms in total. The van der Waals surface area contributed by atoms with Crippen LogP contribution in [0.15, 0.2) is 140 Å². The monoisotopic (exact) mass is 607 g/mol. The highest BCUT2D eigenvalue weighted by molar-refractivity contribution is 5.97. The molecule has 6 aromatic rings. The lowest BCUT2D eigenvalue weighted by atomic mass is 9.76. The highest BCUT2D eigenvalue weighted by Crippen LogP contribution is 2.44. The predicted octanol–water partition coefficient (Wildman–Crippen LogP) is 7.82. The first-order chi connectivity index (χ1) is 22.5. The van der Waals surface area contributed by atoms with E-state index in [4.69, 9.17) is 14.6 Å². The number of hydrogen-bond donors (Lipinski definition) is 1. The Labute approximate surface area is 270 Å². The van der Waals surface area contributed by atoms with Crippen LogP contribution in [0.5, 0.6) is 5.75 Å². The molecular weight excluding hydrogens is 570 g/mol. The zero-order chi connectivity index (χ0) is 32.1. The standard InChI is InChI=1S/C40H37N3O3/c1-28-16-14-23-33(29(28)2)37(34-24-15-25-35(38(34)45-3)39(44)42-46-4)36-26-43(27-41-36)40(30-17-8-5-9-18-30,31-19-10-6-11-20-31)32-21-12-7-13-22-32/h5-27,37H,1-4H3,(H,42,44). The molecular formula is C40H37N3O3. The summed E-state index contributed by atoms with van der Waals surface area (Å²) in [6.07, 6.45) is 4.06. The fourth-order valence-corrected chi connectivity index (χ4v) is 6.56. The lowest BCUT2D eigenvalue weighted by Crippen LogP contribution is -2.37. The van der Waals surface area contributed by atoms with Gasteiger partial charge in [-0.25, -0.2) is 10.5 Å². The summed E-state index contributed by atoms with van der Waals surface area (Å²) in [5.41, 5.74) is 10.5. The Morgan fingerprint density at radius 1 is 0.717 bits per heavy atom. The largest absolute Gasteiger partial charge is 0.496 e. The molecule has 0 aliphatic heterocycles. The summed E-state index contributed by atoms with van der Waals surface area (Å²) in [6.45, 7) is 4.24. The summed E-state index contributed by atoms with van der Waals surface area (Å²) in [5, 5.41) is 0. The van der Waals surface area contributed by atoms with Crippen LogP contribution in [0, 0.1) is 13.8 Å². The molecule has 230 valence electrons. The minimum Gasteiger partial charge on any atom is -0.496 e. The number of carbonyl (C=O) groups excluding carboxylic acids is 1. The van der Waals surface area contributed by atoms with Gasteiger partial charge < -0.3 is 9.30 Å². The molecule has 1 N–H and O–H groups in total. The fraction of sp³-hybridized carbons (Fsp3) is 0.150.